The van der Waals surface area contributed by atoms with E-state index in [1.807, 2.05) is 42.5 Å². The lowest BCUT2D eigenvalue weighted by molar-refractivity contribution is 0.102. The van der Waals surface area contributed by atoms with Gasteiger partial charge in [-0.05, 0) is 35.9 Å². The maximum absolute atomic E-state index is 12.7. The predicted octanol–water partition coefficient (Wildman–Crippen LogP) is 4.19. The van der Waals surface area contributed by atoms with Crippen LogP contribution in [0.15, 0.2) is 84.1 Å². The third kappa shape index (κ3) is 5.57. The Hall–Kier alpha value is -3.69. The van der Waals surface area contributed by atoms with E-state index in [0.717, 1.165) is 17.5 Å². The van der Waals surface area contributed by atoms with Crippen LogP contribution in [0.5, 0.6) is 0 Å². The smallest absolute Gasteiger partial charge is 0.258 e. The lowest BCUT2D eigenvalue weighted by Crippen LogP contribution is -2.12. The number of aromatic nitrogens is 3. The Balaban J connectivity index is 1.53. The van der Waals surface area contributed by atoms with Gasteiger partial charge < -0.3 is 10.6 Å². The molecule has 0 spiro atoms. The molecule has 0 aliphatic rings. The number of anilines is 2. The molecule has 10 heteroatoms. The highest BCUT2D eigenvalue weighted by molar-refractivity contribution is 7.90. The number of amides is 1. The zero-order chi connectivity index (χ0) is 23.4. The van der Waals surface area contributed by atoms with Crippen molar-refractivity contribution in [2.24, 2.45) is 0 Å². The standard InChI is InChI=1S/C23H20ClN5O3S/c1-33(31,32)20-11-18(24)10-19(12-20)28-23(30)17-14-27-29(15-17)22-21(8-5-9-25-22)26-13-16-6-3-2-4-7-16/h2-12,14-15,26H,13H2,1H3,(H,28,30). The maximum atomic E-state index is 12.7. The van der Waals surface area contributed by atoms with Crippen molar-refractivity contribution in [3.05, 3.63) is 95.4 Å². The number of carbonyl (C=O) groups excluding carboxylic acids is 1. The Morgan fingerprint density at radius 2 is 1.88 bits per heavy atom. The first-order valence-electron chi connectivity index (χ1n) is 9.89. The minimum absolute atomic E-state index is 0.0172. The topological polar surface area (TPSA) is 106 Å². The number of nitrogens with one attached hydrogen (secondary N) is 2. The summed E-state index contributed by atoms with van der Waals surface area (Å²) in [7, 11) is -3.48. The molecule has 0 saturated carbocycles. The molecule has 33 heavy (non-hydrogen) atoms. The van der Waals surface area contributed by atoms with Crippen LogP contribution >= 0.6 is 11.6 Å². The molecule has 0 bridgehead atoms. The lowest BCUT2D eigenvalue weighted by atomic mass is 10.2. The fourth-order valence-electron chi connectivity index (χ4n) is 3.12. The zero-order valence-electron chi connectivity index (χ0n) is 17.6. The number of halogens is 1. The highest BCUT2D eigenvalue weighted by Gasteiger charge is 2.15. The largest absolute Gasteiger partial charge is 0.378 e. The van der Waals surface area contributed by atoms with Gasteiger partial charge in [-0.3, -0.25) is 4.79 Å². The molecule has 0 atom stereocenters. The Morgan fingerprint density at radius 1 is 1.09 bits per heavy atom. The number of hydrogen-bond donors (Lipinski definition) is 2. The van der Waals surface area contributed by atoms with Gasteiger partial charge in [0.05, 0.1) is 22.3 Å². The van der Waals surface area contributed by atoms with Crippen molar-refractivity contribution >= 4 is 38.7 Å². The molecular formula is C23H20ClN5O3S. The van der Waals surface area contributed by atoms with Crippen molar-refractivity contribution in [3.8, 4) is 5.82 Å². The number of carbonyl (C=O) groups is 1. The summed E-state index contributed by atoms with van der Waals surface area (Å²) in [5, 5.41) is 10.5. The monoisotopic (exact) mass is 481 g/mol. The molecule has 0 aliphatic carbocycles. The van der Waals surface area contributed by atoms with Crippen LogP contribution in [0.3, 0.4) is 0 Å². The number of benzene rings is 2. The maximum Gasteiger partial charge on any atom is 0.258 e. The Bertz CT molecular complexity index is 1400. The molecule has 8 nitrogen and oxygen atoms in total. The van der Waals surface area contributed by atoms with E-state index in [4.69, 9.17) is 11.6 Å². The normalized spacial score (nSPS) is 11.2. The summed E-state index contributed by atoms with van der Waals surface area (Å²) < 4.78 is 25.2. The van der Waals surface area contributed by atoms with Crippen LogP contribution in [0.2, 0.25) is 5.02 Å². The van der Waals surface area contributed by atoms with Gasteiger partial charge in [0.2, 0.25) is 0 Å². The molecule has 2 aromatic heterocycles. The fourth-order valence-corrected chi connectivity index (χ4v) is 4.10. The van der Waals surface area contributed by atoms with E-state index in [2.05, 4.69) is 20.7 Å². The molecule has 1 amide bonds. The summed E-state index contributed by atoms with van der Waals surface area (Å²) in [6, 6.07) is 17.8. The summed E-state index contributed by atoms with van der Waals surface area (Å²) in [5.41, 5.74) is 2.41. The average Bonchev–Trinajstić information content (AvgIpc) is 3.28. The summed E-state index contributed by atoms with van der Waals surface area (Å²) in [6.45, 7) is 0.603. The van der Waals surface area contributed by atoms with Crippen molar-refractivity contribution in [2.75, 3.05) is 16.9 Å². The number of nitrogens with zero attached hydrogens (tertiary/aromatic N) is 3. The summed E-state index contributed by atoms with van der Waals surface area (Å²) in [5.74, 6) is 0.0762. The number of hydrogen-bond acceptors (Lipinski definition) is 6. The van der Waals surface area contributed by atoms with Crippen LogP contribution in [-0.2, 0) is 16.4 Å². The van der Waals surface area contributed by atoms with Gasteiger partial charge in [0.25, 0.3) is 5.91 Å². The minimum atomic E-state index is -3.48. The van der Waals surface area contributed by atoms with E-state index >= 15 is 0 Å². The van der Waals surface area contributed by atoms with Gasteiger partial charge in [0.1, 0.15) is 0 Å². The molecule has 4 aromatic rings. The van der Waals surface area contributed by atoms with E-state index in [9.17, 15) is 13.2 Å². The molecule has 168 valence electrons. The van der Waals surface area contributed by atoms with Crippen LogP contribution in [0, 0.1) is 0 Å². The van der Waals surface area contributed by atoms with E-state index in [1.165, 1.54) is 29.1 Å². The number of pyridine rings is 1. The van der Waals surface area contributed by atoms with E-state index in [0.29, 0.717) is 12.4 Å². The summed E-state index contributed by atoms with van der Waals surface area (Å²) in [6.07, 6.45) is 5.67. The molecular weight excluding hydrogens is 462 g/mol. The molecule has 4 rings (SSSR count). The van der Waals surface area contributed by atoms with E-state index < -0.39 is 15.7 Å². The molecule has 2 N–H and O–H groups in total. The van der Waals surface area contributed by atoms with Gasteiger partial charge in [0, 0.05) is 35.9 Å². The highest BCUT2D eigenvalue weighted by Crippen LogP contribution is 2.23. The summed E-state index contributed by atoms with van der Waals surface area (Å²) >= 11 is 6.01. The van der Waals surface area contributed by atoms with Crippen molar-refractivity contribution in [1.29, 1.82) is 0 Å². The first-order chi connectivity index (χ1) is 15.8. The van der Waals surface area contributed by atoms with Crippen molar-refractivity contribution in [1.82, 2.24) is 14.8 Å². The van der Waals surface area contributed by atoms with Crippen LogP contribution in [0.4, 0.5) is 11.4 Å². The quantitative estimate of drug-likeness (QED) is 0.410. The van der Waals surface area contributed by atoms with Crippen LogP contribution in [0.1, 0.15) is 15.9 Å². The van der Waals surface area contributed by atoms with E-state index in [-0.39, 0.29) is 21.2 Å². The van der Waals surface area contributed by atoms with Gasteiger partial charge >= 0.3 is 0 Å². The van der Waals surface area contributed by atoms with Gasteiger partial charge in [-0.25, -0.2) is 18.1 Å². The Morgan fingerprint density at radius 3 is 2.64 bits per heavy atom. The second-order valence-corrected chi connectivity index (χ2v) is 9.74. The SMILES string of the molecule is CS(=O)(=O)c1cc(Cl)cc(NC(=O)c2cnn(-c3ncccc3NCc3ccccc3)c2)c1. The molecule has 0 unspecified atom stereocenters. The van der Waals surface area contributed by atoms with Gasteiger partial charge in [0.15, 0.2) is 15.7 Å². The minimum Gasteiger partial charge on any atom is -0.378 e. The predicted molar refractivity (Wildman–Crippen MR) is 128 cm³/mol. The van der Waals surface area contributed by atoms with Crippen LogP contribution in [-0.4, -0.2) is 35.3 Å². The van der Waals surface area contributed by atoms with Crippen LogP contribution in [0.25, 0.3) is 5.82 Å². The Labute approximate surface area is 196 Å². The number of rotatable bonds is 7. The molecule has 0 radical (unpaired) electrons. The lowest BCUT2D eigenvalue weighted by Gasteiger charge is -2.11. The summed E-state index contributed by atoms with van der Waals surface area (Å²) in [4.78, 5) is 17.1. The molecule has 2 heterocycles. The van der Waals surface area contributed by atoms with Gasteiger partial charge in [-0.2, -0.15) is 5.10 Å². The number of sulfone groups is 1. The van der Waals surface area contributed by atoms with Crippen LogP contribution < -0.4 is 10.6 Å². The molecule has 0 fully saturated rings. The molecule has 2 aromatic carbocycles. The van der Waals surface area contributed by atoms with Gasteiger partial charge in [-0.1, -0.05) is 41.9 Å². The first kappa shape index (κ1) is 22.5. The zero-order valence-corrected chi connectivity index (χ0v) is 19.1. The Kier molecular flexibility index (Phi) is 6.43. The van der Waals surface area contributed by atoms with Crippen molar-refractivity contribution in [3.63, 3.8) is 0 Å². The first-order valence-corrected chi connectivity index (χ1v) is 12.2. The molecule has 0 saturated heterocycles. The second-order valence-electron chi connectivity index (χ2n) is 7.29. The van der Waals surface area contributed by atoms with E-state index in [1.54, 1.807) is 12.4 Å². The average molecular weight is 482 g/mol. The highest BCUT2D eigenvalue weighted by atomic mass is 35.5. The van der Waals surface area contributed by atoms with Gasteiger partial charge in [-0.15, -0.1) is 0 Å². The third-order valence-electron chi connectivity index (χ3n) is 4.73. The molecule has 0 aliphatic heterocycles. The van der Waals surface area contributed by atoms with Crippen molar-refractivity contribution < 1.29 is 13.2 Å². The fraction of sp³-hybridized carbons (Fsp3) is 0.0870. The van der Waals surface area contributed by atoms with Crippen molar-refractivity contribution in [2.45, 2.75) is 11.4 Å². The third-order valence-corrected chi connectivity index (χ3v) is 6.04. The second kappa shape index (κ2) is 9.43.